The number of fused-ring (bicyclic) bond motifs is 1. The van der Waals surface area contributed by atoms with Crippen LogP contribution in [0.3, 0.4) is 0 Å². The monoisotopic (exact) mass is 500 g/mol. The molecule has 5 rings (SSSR count). The van der Waals surface area contributed by atoms with Crippen LogP contribution >= 0.6 is 0 Å². The maximum Gasteiger partial charge on any atom is 0.268 e. The van der Waals surface area contributed by atoms with Gasteiger partial charge in [-0.2, -0.15) is 4.98 Å². The first-order valence-corrected chi connectivity index (χ1v) is 11.9. The van der Waals surface area contributed by atoms with Crippen LogP contribution in [0.25, 0.3) is 11.1 Å². The molecular formula is C27H28N6O4. The normalized spacial score (nSPS) is 13.8. The molecule has 2 N–H and O–H groups in total. The molecule has 1 amide bonds. The number of ether oxygens (including phenoxy) is 2. The van der Waals surface area contributed by atoms with E-state index in [0.717, 1.165) is 43.3 Å². The number of rotatable bonds is 8. The second-order valence-corrected chi connectivity index (χ2v) is 8.61. The van der Waals surface area contributed by atoms with E-state index in [9.17, 15) is 4.79 Å². The number of nitrogens with zero attached hydrogens (tertiary/aromatic N) is 4. The summed E-state index contributed by atoms with van der Waals surface area (Å²) in [6.45, 7) is 7.37. The Morgan fingerprint density at radius 2 is 1.92 bits per heavy atom. The number of hydrogen-bond acceptors (Lipinski definition) is 9. The summed E-state index contributed by atoms with van der Waals surface area (Å²) in [4.78, 5) is 25.4. The van der Waals surface area contributed by atoms with Crippen molar-refractivity contribution in [2.24, 2.45) is 0 Å². The molecule has 3 heterocycles. The van der Waals surface area contributed by atoms with Crippen molar-refractivity contribution in [1.82, 2.24) is 14.9 Å². The largest absolute Gasteiger partial charge is 0.495 e. The van der Waals surface area contributed by atoms with Crippen LogP contribution in [0.2, 0.25) is 0 Å². The molecule has 0 saturated carbocycles. The Bertz CT molecular complexity index is 1430. The fraction of sp³-hybridized carbons (Fsp3) is 0.222. The summed E-state index contributed by atoms with van der Waals surface area (Å²) in [5.74, 6) is 1.52. The molecule has 0 aliphatic carbocycles. The lowest BCUT2D eigenvalue weighted by Gasteiger charge is -2.34. The Kier molecular flexibility index (Phi) is 6.91. The van der Waals surface area contributed by atoms with Crippen molar-refractivity contribution in [3.8, 4) is 17.4 Å². The summed E-state index contributed by atoms with van der Waals surface area (Å²) in [6, 6.07) is 14.7. The molecule has 0 radical (unpaired) electrons. The number of methoxy groups -OCH3 is 1. The van der Waals surface area contributed by atoms with E-state index < -0.39 is 0 Å². The fourth-order valence-electron chi connectivity index (χ4n) is 4.10. The van der Waals surface area contributed by atoms with Gasteiger partial charge in [0.1, 0.15) is 17.0 Å². The van der Waals surface area contributed by atoms with E-state index in [1.807, 2.05) is 18.2 Å². The lowest BCUT2D eigenvalue weighted by molar-refractivity contribution is -0.111. The predicted molar refractivity (Wildman–Crippen MR) is 143 cm³/mol. The topological polar surface area (TPSA) is 105 Å². The molecule has 1 aliphatic rings. The number of aromatic nitrogens is 2. The van der Waals surface area contributed by atoms with Gasteiger partial charge in [0.05, 0.1) is 19.1 Å². The molecule has 2 aromatic carbocycles. The van der Waals surface area contributed by atoms with Crippen LogP contribution in [0.5, 0.6) is 17.4 Å². The number of amides is 1. The van der Waals surface area contributed by atoms with Crippen molar-refractivity contribution in [1.29, 1.82) is 0 Å². The van der Waals surface area contributed by atoms with E-state index in [1.165, 1.54) is 12.3 Å². The molecule has 0 spiro atoms. The Morgan fingerprint density at radius 1 is 1.08 bits per heavy atom. The Balaban J connectivity index is 1.39. The molecule has 0 atom stereocenters. The number of nitrogens with one attached hydrogen (secondary N) is 2. The molecule has 37 heavy (non-hydrogen) atoms. The maximum absolute atomic E-state index is 11.7. The summed E-state index contributed by atoms with van der Waals surface area (Å²) in [6.07, 6.45) is 2.74. The summed E-state index contributed by atoms with van der Waals surface area (Å²) in [5.41, 5.74) is 3.40. The van der Waals surface area contributed by atoms with Crippen LogP contribution in [0.4, 0.5) is 23.0 Å². The van der Waals surface area contributed by atoms with Crippen LogP contribution in [-0.4, -0.2) is 61.1 Å². The summed E-state index contributed by atoms with van der Waals surface area (Å²) >= 11 is 0. The first-order valence-electron chi connectivity index (χ1n) is 11.9. The van der Waals surface area contributed by atoms with Gasteiger partial charge in [0.2, 0.25) is 17.4 Å². The average Bonchev–Trinajstić information content (AvgIpc) is 3.38. The average molecular weight is 501 g/mol. The molecule has 0 bridgehead atoms. The SMILES string of the molecule is C=CC(=O)Nc1cccc(Oc2nc(Nc3ccc(N4CCN(C)CC4)c(OC)c3)nc3ccoc23)c1. The molecule has 2 aromatic heterocycles. The van der Waals surface area contributed by atoms with Gasteiger partial charge in [-0.05, 0) is 37.4 Å². The number of hydrogen-bond donors (Lipinski definition) is 2. The van der Waals surface area contributed by atoms with Gasteiger partial charge in [0.15, 0.2) is 0 Å². The zero-order valence-corrected chi connectivity index (χ0v) is 20.7. The molecule has 10 heteroatoms. The highest BCUT2D eigenvalue weighted by Crippen LogP contribution is 2.34. The van der Waals surface area contributed by atoms with Gasteiger partial charge >= 0.3 is 0 Å². The van der Waals surface area contributed by atoms with E-state index in [2.05, 4.69) is 44.0 Å². The first-order chi connectivity index (χ1) is 18.0. The van der Waals surface area contributed by atoms with Gasteiger partial charge < -0.3 is 34.3 Å². The maximum atomic E-state index is 11.7. The number of benzene rings is 2. The summed E-state index contributed by atoms with van der Waals surface area (Å²) in [5, 5.41) is 5.96. The Morgan fingerprint density at radius 3 is 2.70 bits per heavy atom. The van der Waals surface area contributed by atoms with Crippen LogP contribution < -0.4 is 25.0 Å². The number of piperazine rings is 1. The molecule has 0 unspecified atom stereocenters. The highest BCUT2D eigenvalue weighted by molar-refractivity contribution is 5.99. The smallest absolute Gasteiger partial charge is 0.268 e. The van der Waals surface area contributed by atoms with Crippen molar-refractivity contribution < 1.29 is 18.7 Å². The van der Waals surface area contributed by atoms with Crippen LogP contribution in [0.1, 0.15) is 0 Å². The molecule has 1 aliphatic heterocycles. The second-order valence-electron chi connectivity index (χ2n) is 8.61. The van der Waals surface area contributed by atoms with Gasteiger partial charge in [0, 0.05) is 55.8 Å². The van der Waals surface area contributed by atoms with Gasteiger partial charge in [-0.1, -0.05) is 12.6 Å². The number of likely N-dealkylation sites (N-methyl/N-ethyl adjacent to an activating group) is 1. The van der Waals surface area contributed by atoms with E-state index >= 15 is 0 Å². The van der Waals surface area contributed by atoms with E-state index in [1.54, 1.807) is 37.4 Å². The van der Waals surface area contributed by atoms with Gasteiger partial charge in [-0.15, -0.1) is 0 Å². The van der Waals surface area contributed by atoms with E-state index in [0.29, 0.717) is 28.5 Å². The number of carbonyl (C=O) groups is 1. The standard InChI is InChI=1S/C27H28N6O4/c1-4-24(34)28-18-6-5-7-20(16-18)37-26-25-21(10-15-36-25)30-27(31-26)29-19-8-9-22(23(17-19)35-3)33-13-11-32(2)12-14-33/h4-10,15-17H,1,11-14H2,2-3H3,(H,28,34)(H,29,30,31). The van der Waals surface area contributed by atoms with Crippen LogP contribution in [-0.2, 0) is 4.79 Å². The van der Waals surface area contributed by atoms with Gasteiger partial charge in [-0.25, -0.2) is 4.98 Å². The quantitative estimate of drug-likeness (QED) is 0.335. The zero-order valence-electron chi connectivity index (χ0n) is 20.7. The minimum absolute atomic E-state index is 0.241. The number of furan rings is 1. The van der Waals surface area contributed by atoms with Crippen molar-refractivity contribution in [2.45, 2.75) is 0 Å². The summed E-state index contributed by atoms with van der Waals surface area (Å²) in [7, 11) is 3.80. The molecule has 1 saturated heterocycles. The first kappa shape index (κ1) is 24.1. The Labute approximate surface area is 214 Å². The Hall–Kier alpha value is -4.57. The van der Waals surface area contributed by atoms with E-state index in [-0.39, 0.29) is 11.8 Å². The third-order valence-electron chi connectivity index (χ3n) is 6.05. The molecule has 190 valence electrons. The van der Waals surface area contributed by atoms with Crippen LogP contribution in [0, 0.1) is 0 Å². The van der Waals surface area contributed by atoms with Gasteiger partial charge in [-0.3, -0.25) is 4.79 Å². The lowest BCUT2D eigenvalue weighted by atomic mass is 10.2. The number of carbonyl (C=O) groups excluding carboxylic acids is 1. The van der Waals surface area contributed by atoms with Crippen molar-refractivity contribution in [2.75, 3.05) is 55.9 Å². The second kappa shape index (κ2) is 10.6. The third kappa shape index (κ3) is 5.49. The van der Waals surface area contributed by atoms with Crippen molar-refractivity contribution in [3.05, 3.63) is 67.4 Å². The van der Waals surface area contributed by atoms with Gasteiger partial charge in [0.25, 0.3) is 5.88 Å². The third-order valence-corrected chi connectivity index (χ3v) is 6.05. The van der Waals surface area contributed by atoms with Crippen molar-refractivity contribution >= 4 is 40.0 Å². The highest BCUT2D eigenvalue weighted by atomic mass is 16.5. The molecule has 1 fully saturated rings. The number of anilines is 4. The minimum atomic E-state index is -0.312. The van der Waals surface area contributed by atoms with Crippen LogP contribution in [0.15, 0.2) is 71.9 Å². The molecule has 10 nitrogen and oxygen atoms in total. The minimum Gasteiger partial charge on any atom is -0.495 e. The summed E-state index contributed by atoms with van der Waals surface area (Å²) < 4.78 is 17.3. The predicted octanol–water partition coefficient (Wildman–Crippen LogP) is 4.64. The zero-order chi connectivity index (χ0) is 25.8. The van der Waals surface area contributed by atoms with Crippen molar-refractivity contribution in [3.63, 3.8) is 0 Å². The molecular weight excluding hydrogens is 472 g/mol. The lowest BCUT2D eigenvalue weighted by Crippen LogP contribution is -2.44. The molecule has 4 aromatic rings. The van der Waals surface area contributed by atoms with E-state index in [4.69, 9.17) is 13.9 Å². The highest BCUT2D eigenvalue weighted by Gasteiger charge is 2.19. The fourth-order valence-corrected chi connectivity index (χ4v) is 4.10.